The molecule has 2 aliphatic rings. The van der Waals surface area contributed by atoms with Gasteiger partial charge in [0.2, 0.25) is 15.9 Å². The van der Waals surface area contributed by atoms with E-state index in [0.717, 1.165) is 30.0 Å². The standard InChI is InChI=1S/C16H19ClN2O4S/c17-14-7-6-12(19-15(20)8-9-24(19,22)23)10-13(14)16(21)18-11-4-2-1-3-5-11/h6-7,10-11H,1-5,8-9H2,(H,18,21). The van der Waals surface area contributed by atoms with E-state index in [1.54, 1.807) is 0 Å². The van der Waals surface area contributed by atoms with Gasteiger partial charge >= 0.3 is 0 Å². The van der Waals surface area contributed by atoms with E-state index in [4.69, 9.17) is 11.6 Å². The molecule has 1 aromatic carbocycles. The first-order valence-electron chi connectivity index (χ1n) is 8.05. The summed E-state index contributed by atoms with van der Waals surface area (Å²) in [7, 11) is -3.66. The number of amides is 2. The third kappa shape index (κ3) is 3.42. The summed E-state index contributed by atoms with van der Waals surface area (Å²) in [6, 6.07) is 4.39. The number of anilines is 1. The molecule has 1 aliphatic heterocycles. The molecular formula is C16H19ClN2O4S. The first-order valence-corrected chi connectivity index (χ1v) is 10.0. The predicted octanol–water partition coefficient (Wildman–Crippen LogP) is 2.47. The van der Waals surface area contributed by atoms with E-state index in [-0.39, 0.29) is 40.4 Å². The molecule has 24 heavy (non-hydrogen) atoms. The Kier molecular flexibility index (Phi) is 4.83. The van der Waals surface area contributed by atoms with Crippen molar-refractivity contribution in [2.24, 2.45) is 0 Å². The number of carbonyl (C=O) groups is 2. The van der Waals surface area contributed by atoms with Gasteiger partial charge in [-0.05, 0) is 31.0 Å². The van der Waals surface area contributed by atoms with E-state index in [1.165, 1.54) is 24.6 Å². The van der Waals surface area contributed by atoms with Crippen molar-refractivity contribution in [1.29, 1.82) is 0 Å². The molecule has 130 valence electrons. The largest absolute Gasteiger partial charge is 0.349 e. The summed E-state index contributed by atoms with van der Waals surface area (Å²) < 4.78 is 24.8. The van der Waals surface area contributed by atoms with Crippen molar-refractivity contribution >= 4 is 39.1 Å². The third-order valence-electron chi connectivity index (χ3n) is 4.45. The van der Waals surface area contributed by atoms with Crippen LogP contribution < -0.4 is 9.62 Å². The van der Waals surface area contributed by atoms with Gasteiger partial charge in [-0.2, -0.15) is 0 Å². The molecule has 1 saturated heterocycles. The van der Waals surface area contributed by atoms with Crippen molar-refractivity contribution in [2.75, 3.05) is 10.1 Å². The fraction of sp³-hybridized carbons (Fsp3) is 0.500. The number of halogens is 1. The molecule has 0 unspecified atom stereocenters. The first-order chi connectivity index (χ1) is 11.4. The fourth-order valence-electron chi connectivity index (χ4n) is 3.19. The summed E-state index contributed by atoms with van der Waals surface area (Å²) in [6.45, 7) is 0. The van der Waals surface area contributed by atoms with Crippen LogP contribution in [0.1, 0.15) is 48.9 Å². The van der Waals surface area contributed by atoms with Crippen LogP contribution in [0.4, 0.5) is 5.69 Å². The molecule has 8 heteroatoms. The minimum atomic E-state index is -3.66. The van der Waals surface area contributed by atoms with E-state index in [0.29, 0.717) is 0 Å². The quantitative estimate of drug-likeness (QED) is 0.885. The Bertz CT molecular complexity index is 772. The summed E-state index contributed by atoms with van der Waals surface area (Å²) in [5.74, 6) is -1.04. The van der Waals surface area contributed by atoms with Crippen LogP contribution in [0, 0.1) is 0 Å². The number of benzene rings is 1. The van der Waals surface area contributed by atoms with Gasteiger partial charge in [-0.1, -0.05) is 30.9 Å². The summed E-state index contributed by atoms with van der Waals surface area (Å²) >= 11 is 6.11. The number of rotatable bonds is 3. The summed E-state index contributed by atoms with van der Waals surface area (Å²) in [4.78, 5) is 24.4. The average Bonchev–Trinajstić information content (AvgIpc) is 2.82. The Morgan fingerprint density at radius 2 is 1.92 bits per heavy atom. The monoisotopic (exact) mass is 370 g/mol. The van der Waals surface area contributed by atoms with Crippen molar-refractivity contribution in [3.8, 4) is 0 Å². The van der Waals surface area contributed by atoms with Crippen LogP contribution in [0.25, 0.3) is 0 Å². The second kappa shape index (κ2) is 6.72. The van der Waals surface area contributed by atoms with Gasteiger partial charge < -0.3 is 5.32 Å². The van der Waals surface area contributed by atoms with Gasteiger partial charge in [-0.25, -0.2) is 12.7 Å². The van der Waals surface area contributed by atoms with Crippen molar-refractivity contribution in [3.63, 3.8) is 0 Å². The average molecular weight is 371 g/mol. The van der Waals surface area contributed by atoms with E-state index in [1.807, 2.05) is 0 Å². The smallest absolute Gasteiger partial charge is 0.253 e. The van der Waals surface area contributed by atoms with E-state index in [9.17, 15) is 18.0 Å². The number of nitrogens with zero attached hydrogens (tertiary/aromatic N) is 1. The van der Waals surface area contributed by atoms with Crippen LogP contribution in [-0.4, -0.2) is 32.0 Å². The van der Waals surface area contributed by atoms with Crippen LogP contribution in [0.2, 0.25) is 5.02 Å². The highest BCUT2D eigenvalue weighted by atomic mass is 35.5. The van der Waals surface area contributed by atoms with Gasteiger partial charge in [0.1, 0.15) is 0 Å². The fourth-order valence-corrected chi connectivity index (χ4v) is 4.85. The maximum atomic E-state index is 12.5. The molecular weight excluding hydrogens is 352 g/mol. The Morgan fingerprint density at radius 1 is 1.21 bits per heavy atom. The number of hydrogen-bond acceptors (Lipinski definition) is 4. The third-order valence-corrected chi connectivity index (χ3v) is 6.47. The number of nitrogens with one attached hydrogen (secondary N) is 1. The molecule has 0 atom stereocenters. The summed E-state index contributed by atoms with van der Waals surface area (Å²) in [6.07, 6.45) is 5.16. The van der Waals surface area contributed by atoms with Crippen molar-refractivity contribution in [1.82, 2.24) is 5.32 Å². The van der Waals surface area contributed by atoms with Crippen LogP contribution in [0.3, 0.4) is 0 Å². The molecule has 6 nitrogen and oxygen atoms in total. The maximum absolute atomic E-state index is 12.5. The molecule has 1 aliphatic carbocycles. The van der Waals surface area contributed by atoms with Crippen LogP contribution in [0.15, 0.2) is 18.2 Å². The zero-order chi connectivity index (χ0) is 17.3. The normalized spacial score (nSPS) is 21.0. The molecule has 2 fully saturated rings. The van der Waals surface area contributed by atoms with Gasteiger partial charge in [-0.15, -0.1) is 0 Å². The van der Waals surface area contributed by atoms with Crippen molar-refractivity contribution in [2.45, 2.75) is 44.6 Å². The van der Waals surface area contributed by atoms with Crippen LogP contribution >= 0.6 is 11.6 Å². The van der Waals surface area contributed by atoms with Crippen molar-refractivity contribution < 1.29 is 18.0 Å². The van der Waals surface area contributed by atoms with Crippen LogP contribution in [-0.2, 0) is 14.8 Å². The van der Waals surface area contributed by atoms with Crippen LogP contribution in [0.5, 0.6) is 0 Å². The van der Waals surface area contributed by atoms with E-state index >= 15 is 0 Å². The van der Waals surface area contributed by atoms with E-state index in [2.05, 4.69) is 5.32 Å². The lowest BCUT2D eigenvalue weighted by Gasteiger charge is -2.23. The molecule has 1 N–H and O–H groups in total. The maximum Gasteiger partial charge on any atom is 0.253 e. The summed E-state index contributed by atoms with van der Waals surface area (Å²) in [5, 5.41) is 3.18. The molecule has 0 bridgehead atoms. The molecule has 1 heterocycles. The Labute approximate surface area is 146 Å². The second-order valence-corrected chi connectivity index (χ2v) is 8.54. The van der Waals surface area contributed by atoms with Gasteiger partial charge in [-0.3, -0.25) is 9.59 Å². The topological polar surface area (TPSA) is 83.6 Å². The highest BCUT2D eigenvalue weighted by Crippen LogP contribution is 2.29. The zero-order valence-corrected chi connectivity index (χ0v) is 14.7. The molecule has 3 rings (SSSR count). The molecule has 0 spiro atoms. The lowest BCUT2D eigenvalue weighted by molar-refractivity contribution is -0.116. The first kappa shape index (κ1) is 17.2. The number of carbonyl (C=O) groups excluding carboxylic acids is 2. The SMILES string of the molecule is O=C(NC1CCCCC1)c1cc(N2C(=O)CCS2(=O)=O)ccc1Cl. The van der Waals surface area contributed by atoms with Crippen molar-refractivity contribution in [3.05, 3.63) is 28.8 Å². The molecule has 0 aromatic heterocycles. The van der Waals surface area contributed by atoms with Gasteiger partial charge in [0.15, 0.2) is 0 Å². The van der Waals surface area contributed by atoms with Gasteiger partial charge in [0.05, 0.1) is 22.0 Å². The molecule has 0 radical (unpaired) electrons. The van der Waals surface area contributed by atoms with Gasteiger partial charge in [0.25, 0.3) is 5.91 Å². The van der Waals surface area contributed by atoms with E-state index < -0.39 is 15.9 Å². The zero-order valence-electron chi connectivity index (χ0n) is 13.1. The highest BCUT2D eigenvalue weighted by molar-refractivity contribution is 7.94. The lowest BCUT2D eigenvalue weighted by atomic mass is 9.95. The Hall–Kier alpha value is -1.60. The Morgan fingerprint density at radius 3 is 2.54 bits per heavy atom. The number of sulfonamides is 1. The molecule has 1 aromatic rings. The molecule has 2 amide bonds. The van der Waals surface area contributed by atoms with Gasteiger partial charge in [0, 0.05) is 12.5 Å². The predicted molar refractivity (Wildman–Crippen MR) is 91.7 cm³/mol. The highest BCUT2D eigenvalue weighted by Gasteiger charge is 2.36. The minimum Gasteiger partial charge on any atom is -0.349 e. The second-order valence-electron chi connectivity index (χ2n) is 6.20. The Balaban J connectivity index is 1.86. The summed E-state index contributed by atoms with van der Waals surface area (Å²) in [5.41, 5.74) is 0.352. The molecule has 1 saturated carbocycles. The minimum absolute atomic E-state index is 0.0471. The number of hydrogen-bond donors (Lipinski definition) is 1. The lowest BCUT2D eigenvalue weighted by Crippen LogP contribution is -2.36.